The van der Waals surface area contributed by atoms with Crippen LogP contribution in [0.25, 0.3) is 0 Å². The highest BCUT2D eigenvalue weighted by Gasteiger charge is 2.35. The van der Waals surface area contributed by atoms with Crippen LogP contribution in [0.4, 0.5) is 0 Å². The zero-order chi connectivity index (χ0) is 12.0. The van der Waals surface area contributed by atoms with Gasteiger partial charge in [-0.05, 0) is 40.3 Å². The second-order valence-electron chi connectivity index (χ2n) is 5.49. The van der Waals surface area contributed by atoms with Gasteiger partial charge in [-0.15, -0.1) is 0 Å². The van der Waals surface area contributed by atoms with E-state index in [-0.39, 0.29) is 0 Å². The highest BCUT2D eigenvalue weighted by atomic mass is 16.5. The summed E-state index contributed by atoms with van der Waals surface area (Å²) in [5, 5.41) is 3.56. The molecule has 96 valence electrons. The minimum Gasteiger partial charge on any atom is -0.381 e. The zero-order valence-corrected chi connectivity index (χ0v) is 11.4. The maximum Gasteiger partial charge on any atom is 0.0547 e. The standard InChI is InChI=1S/C13H28N2O/c1-5-7-14-9-13(6-8-16-11-13)10-15(4)12(2)3/h12,14H,5-11H2,1-4H3. The van der Waals surface area contributed by atoms with Crippen LogP contribution >= 0.6 is 0 Å². The fourth-order valence-corrected chi connectivity index (χ4v) is 2.21. The maximum absolute atomic E-state index is 5.61. The zero-order valence-electron chi connectivity index (χ0n) is 11.4. The first-order chi connectivity index (χ1) is 7.59. The Hall–Kier alpha value is -0.120. The third-order valence-corrected chi connectivity index (χ3v) is 3.58. The van der Waals surface area contributed by atoms with Crippen LogP contribution in [0.3, 0.4) is 0 Å². The van der Waals surface area contributed by atoms with Gasteiger partial charge in [-0.3, -0.25) is 0 Å². The minimum atomic E-state index is 0.341. The van der Waals surface area contributed by atoms with Gasteiger partial charge in [0.1, 0.15) is 0 Å². The van der Waals surface area contributed by atoms with Gasteiger partial charge in [0, 0.05) is 31.2 Å². The molecule has 0 spiro atoms. The van der Waals surface area contributed by atoms with Gasteiger partial charge in [-0.2, -0.15) is 0 Å². The summed E-state index contributed by atoms with van der Waals surface area (Å²) >= 11 is 0. The van der Waals surface area contributed by atoms with Crippen LogP contribution in [0.1, 0.15) is 33.6 Å². The fraction of sp³-hybridized carbons (Fsp3) is 1.00. The van der Waals surface area contributed by atoms with Crippen molar-refractivity contribution in [1.82, 2.24) is 10.2 Å². The Bertz CT molecular complexity index is 188. The molecule has 0 bridgehead atoms. The van der Waals surface area contributed by atoms with E-state index in [9.17, 15) is 0 Å². The average molecular weight is 228 g/mol. The Morgan fingerprint density at radius 3 is 2.69 bits per heavy atom. The number of ether oxygens (including phenoxy) is 1. The molecule has 1 fully saturated rings. The van der Waals surface area contributed by atoms with E-state index in [4.69, 9.17) is 4.74 Å². The van der Waals surface area contributed by atoms with Crippen LogP contribution in [0.15, 0.2) is 0 Å². The normalized spacial score (nSPS) is 25.9. The summed E-state index contributed by atoms with van der Waals surface area (Å²) in [7, 11) is 2.21. The molecular weight excluding hydrogens is 200 g/mol. The van der Waals surface area contributed by atoms with E-state index in [0.29, 0.717) is 11.5 Å². The van der Waals surface area contributed by atoms with Crippen molar-refractivity contribution in [3.8, 4) is 0 Å². The number of hydrogen-bond acceptors (Lipinski definition) is 3. The number of hydrogen-bond donors (Lipinski definition) is 1. The average Bonchev–Trinajstić information content (AvgIpc) is 2.67. The minimum absolute atomic E-state index is 0.341. The predicted molar refractivity (Wildman–Crippen MR) is 68.8 cm³/mol. The molecule has 1 aliphatic rings. The van der Waals surface area contributed by atoms with Crippen molar-refractivity contribution in [2.45, 2.75) is 39.7 Å². The van der Waals surface area contributed by atoms with E-state index in [1.165, 1.54) is 12.8 Å². The molecule has 0 saturated carbocycles. The SMILES string of the molecule is CCCNCC1(CN(C)C(C)C)CCOC1. The molecule has 1 atom stereocenters. The van der Waals surface area contributed by atoms with Crippen LogP contribution < -0.4 is 5.32 Å². The molecule has 1 heterocycles. The molecule has 1 N–H and O–H groups in total. The molecule has 0 radical (unpaired) electrons. The van der Waals surface area contributed by atoms with Crippen LogP contribution in [0.5, 0.6) is 0 Å². The van der Waals surface area contributed by atoms with E-state index in [1.54, 1.807) is 0 Å². The van der Waals surface area contributed by atoms with E-state index >= 15 is 0 Å². The van der Waals surface area contributed by atoms with Crippen LogP contribution in [-0.4, -0.2) is 50.8 Å². The van der Waals surface area contributed by atoms with Gasteiger partial charge in [0.05, 0.1) is 6.61 Å². The molecular formula is C13H28N2O. The first-order valence-corrected chi connectivity index (χ1v) is 6.58. The van der Waals surface area contributed by atoms with E-state index < -0.39 is 0 Å². The van der Waals surface area contributed by atoms with Gasteiger partial charge < -0.3 is 15.0 Å². The van der Waals surface area contributed by atoms with E-state index in [1.807, 2.05) is 0 Å². The molecule has 3 heteroatoms. The third kappa shape index (κ3) is 4.04. The van der Waals surface area contributed by atoms with Crippen molar-refractivity contribution in [3.05, 3.63) is 0 Å². The molecule has 16 heavy (non-hydrogen) atoms. The second-order valence-corrected chi connectivity index (χ2v) is 5.49. The van der Waals surface area contributed by atoms with Gasteiger partial charge in [0.15, 0.2) is 0 Å². The molecule has 0 aromatic rings. The molecule has 0 aromatic carbocycles. The van der Waals surface area contributed by atoms with Crippen molar-refractivity contribution in [1.29, 1.82) is 0 Å². The quantitative estimate of drug-likeness (QED) is 0.672. The topological polar surface area (TPSA) is 24.5 Å². The van der Waals surface area contributed by atoms with E-state index in [0.717, 1.165) is 32.8 Å². The van der Waals surface area contributed by atoms with Crippen molar-refractivity contribution in [2.75, 3.05) is 39.9 Å². The predicted octanol–water partition coefficient (Wildman–Crippen LogP) is 1.73. The third-order valence-electron chi connectivity index (χ3n) is 3.58. The molecule has 3 nitrogen and oxygen atoms in total. The fourth-order valence-electron chi connectivity index (χ4n) is 2.21. The van der Waals surface area contributed by atoms with E-state index in [2.05, 4.69) is 38.0 Å². The monoisotopic (exact) mass is 228 g/mol. The van der Waals surface area contributed by atoms with Crippen molar-refractivity contribution in [2.24, 2.45) is 5.41 Å². The summed E-state index contributed by atoms with van der Waals surface area (Å²) in [5.41, 5.74) is 0.341. The first kappa shape index (κ1) is 13.9. The molecule has 0 amide bonds. The lowest BCUT2D eigenvalue weighted by Gasteiger charge is -2.34. The lowest BCUT2D eigenvalue weighted by atomic mass is 9.86. The lowest BCUT2D eigenvalue weighted by Crippen LogP contribution is -2.45. The molecule has 1 aliphatic heterocycles. The molecule has 1 saturated heterocycles. The Morgan fingerprint density at radius 2 is 2.19 bits per heavy atom. The lowest BCUT2D eigenvalue weighted by molar-refractivity contribution is 0.108. The highest BCUT2D eigenvalue weighted by molar-refractivity contribution is 4.88. The Labute approximate surface area is 101 Å². The summed E-state index contributed by atoms with van der Waals surface area (Å²) in [6.07, 6.45) is 2.40. The van der Waals surface area contributed by atoms with Gasteiger partial charge >= 0.3 is 0 Å². The smallest absolute Gasteiger partial charge is 0.0547 e. The van der Waals surface area contributed by atoms with Crippen molar-refractivity contribution < 1.29 is 4.74 Å². The summed E-state index contributed by atoms with van der Waals surface area (Å²) in [6, 6.07) is 0.614. The van der Waals surface area contributed by atoms with Crippen molar-refractivity contribution in [3.63, 3.8) is 0 Å². The molecule has 0 aromatic heterocycles. The molecule has 1 rings (SSSR count). The summed E-state index contributed by atoms with van der Waals surface area (Å²) in [4.78, 5) is 2.43. The van der Waals surface area contributed by atoms with Crippen LogP contribution in [0, 0.1) is 5.41 Å². The summed E-state index contributed by atoms with van der Waals surface area (Å²) < 4.78 is 5.61. The first-order valence-electron chi connectivity index (χ1n) is 6.58. The Morgan fingerprint density at radius 1 is 1.44 bits per heavy atom. The Balaban J connectivity index is 2.44. The number of nitrogens with one attached hydrogen (secondary N) is 1. The summed E-state index contributed by atoms with van der Waals surface area (Å²) in [6.45, 7) is 11.9. The van der Waals surface area contributed by atoms with Crippen LogP contribution in [0.2, 0.25) is 0 Å². The second kappa shape index (κ2) is 6.58. The van der Waals surface area contributed by atoms with Gasteiger partial charge in [0.2, 0.25) is 0 Å². The van der Waals surface area contributed by atoms with Crippen LogP contribution in [-0.2, 0) is 4.74 Å². The maximum atomic E-state index is 5.61. The molecule has 1 unspecified atom stereocenters. The van der Waals surface area contributed by atoms with Gasteiger partial charge in [0.25, 0.3) is 0 Å². The number of nitrogens with zero attached hydrogens (tertiary/aromatic N) is 1. The van der Waals surface area contributed by atoms with Crippen molar-refractivity contribution >= 4 is 0 Å². The number of rotatable bonds is 7. The largest absolute Gasteiger partial charge is 0.381 e. The molecule has 0 aliphatic carbocycles. The van der Waals surface area contributed by atoms with Gasteiger partial charge in [-0.1, -0.05) is 6.92 Å². The van der Waals surface area contributed by atoms with Gasteiger partial charge in [-0.25, -0.2) is 0 Å². The highest BCUT2D eigenvalue weighted by Crippen LogP contribution is 2.29. The summed E-state index contributed by atoms with van der Waals surface area (Å²) in [5.74, 6) is 0. The Kier molecular flexibility index (Phi) is 5.73.